The van der Waals surface area contributed by atoms with Crippen molar-refractivity contribution in [3.63, 3.8) is 0 Å². The van der Waals surface area contributed by atoms with Gasteiger partial charge in [0.15, 0.2) is 0 Å². The van der Waals surface area contributed by atoms with Crippen molar-refractivity contribution in [1.29, 1.82) is 0 Å². The fraction of sp³-hybridized carbons (Fsp3) is 0.105. The standard InChI is InChI=1S/C19H19N2/c1-2-20-13-14-21(16-18-11-7-4-8-12-18)19(20)15-17-9-5-3-6-10-17/h2-14H,1,15-16H2/q+1. The Hall–Kier alpha value is -2.61. The molecule has 0 saturated heterocycles. The monoisotopic (exact) mass is 275 g/mol. The molecule has 0 amide bonds. The molecule has 3 aromatic rings. The molecule has 0 unspecified atom stereocenters. The van der Waals surface area contributed by atoms with Crippen molar-refractivity contribution < 1.29 is 4.57 Å². The molecule has 0 aliphatic carbocycles. The van der Waals surface area contributed by atoms with Gasteiger partial charge in [-0.05, 0) is 11.1 Å². The van der Waals surface area contributed by atoms with Gasteiger partial charge >= 0.3 is 0 Å². The van der Waals surface area contributed by atoms with Crippen LogP contribution in [0.25, 0.3) is 6.20 Å². The van der Waals surface area contributed by atoms with Gasteiger partial charge in [0.05, 0.1) is 12.6 Å². The van der Waals surface area contributed by atoms with Crippen molar-refractivity contribution in [2.24, 2.45) is 0 Å². The van der Waals surface area contributed by atoms with Gasteiger partial charge in [0.1, 0.15) is 18.9 Å². The lowest BCUT2D eigenvalue weighted by atomic mass is 10.1. The summed E-state index contributed by atoms with van der Waals surface area (Å²) in [6, 6.07) is 21.1. The maximum atomic E-state index is 3.90. The number of hydrogen-bond acceptors (Lipinski definition) is 0. The van der Waals surface area contributed by atoms with E-state index in [9.17, 15) is 0 Å². The topological polar surface area (TPSA) is 8.81 Å². The summed E-state index contributed by atoms with van der Waals surface area (Å²) in [5.41, 5.74) is 2.61. The number of hydrogen-bond donors (Lipinski definition) is 0. The maximum absolute atomic E-state index is 3.90. The highest BCUT2D eigenvalue weighted by atomic mass is 15.1. The highest BCUT2D eigenvalue weighted by Gasteiger charge is 2.16. The van der Waals surface area contributed by atoms with Crippen LogP contribution >= 0.6 is 0 Å². The minimum Gasteiger partial charge on any atom is -0.229 e. The molecule has 0 aliphatic rings. The number of nitrogens with zero attached hydrogens (tertiary/aromatic N) is 2. The highest BCUT2D eigenvalue weighted by molar-refractivity contribution is 5.23. The molecular weight excluding hydrogens is 256 g/mol. The van der Waals surface area contributed by atoms with Gasteiger partial charge in [0.25, 0.3) is 5.82 Å². The molecular formula is C19H19N2+. The number of benzene rings is 2. The molecule has 104 valence electrons. The van der Waals surface area contributed by atoms with E-state index in [1.165, 1.54) is 17.0 Å². The second-order valence-corrected chi connectivity index (χ2v) is 5.08. The van der Waals surface area contributed by atoms with E-state index >= 15 is 0 Å². The van der Waals surface area contributed by atoms with E-state index in [-0.39, 0.29) is 0 Å². The number of aromatic nitrogens is 2. The normalized spacial score (nSPS) is 10.5. The summed E-state index contributed by atoms with van der Waals surface area (Å²) in [5, 5.41) is 0. The van der Waals surface area contributed by atoms with Gasteiger partial charge in [0, 0.05) is 0 Å². The van der Waals surface area contributed by atoms with Crippen LogP contribution in [0.1, 0.15) is 17.0 Å². The Balaban J connectivity index is 1.91. The summed E-state index contributed by atoms with van der Waals surface area (Å²) in [6.07, 6.45) is 6.94. The Kier molecular flexibility index (Phi) is 3.97. The van der Waals surface area contributed by atoms with E-state index < -0.39 is 0 Å². The molecule has 0 bridgehead atoms. The van der Waals surface area contributed by atoms with Gasteiger partial charge < -0.3 is 0 Å². The van der Waals surface area contributed by atoms with Gasteiger partial charge in [-0.3, -0.25) is 0 Å². The summed E-state index contributed by atoms with van der Waals surface area (Å²) in [4.78, 5) is 0. The second kappa shape index (κ2) is 6.23. The molecule has 2 aromatic carbocycles. The molecule has 0 spiro atoms. The van der Waals surface area contributed by atoms with Crippen LogP contribution in [0.5, 0.6) is 0 Å². The Labute approximate surface area is 125 Å². The van der Waals surface area contributed by atoms with E-state index in [2.05, 4.69) is 76.6 Å². The molecule has 21 heavy (non-hydrogen) atoms. The molecule has 0 atom stereocenters. The first kappa shape index (κ1) is 13.4. The fourth-order valence-corrected chi connectivity index (χ4v) is 2.53. The van der Waals surface area contributed by atoms with Crippen LogP contribution in [-0.4, -0.2) is 4.57 Å². The first-order valence-corrected chi connectivity index (χ1v) is 7.16. The summed E-state index contributed by atoms with van der Waals surface area (Å²) in [5.74, 6) is 1.24. The van der Waals surface area contributed by atoms with Crippen molar-refractivity contribution in [1.82, 2.24) is 4.57 Å². The quantitative estimate of drug-likeness (QED) is 0.630. The lowest BCUT2D eigenvalue weighted by Gasteiger charge is -2.04. The third-order valence-corrected chi connectivity index (χ3v) is 3.63. The predicted octanol–water partition coefficient (Wildman–Crippen LogP) is 3.52. The van der Waals surface area contributed by atoms with Crippen LogP contribution in [0.2, 0.25) is 0 Å². The van der Waals surface area contributed by atoms with Crippen molar-refractivity contribution in [3.8, 4) is 0 Å². The van der Waals surface area contributed by atoms with Gasteiger partial charge in [0.2, 0.25) is 0 Å². The average Bonchev–Trinajstić information content (AvgIpc) is 2.91. The predicted molar refractivity (Wildman–Crippen MR) is 85.8 cm³/mol. The second-order valence-electron chi connectivity index (χ2n) is 5.08. The zero-order chi connectivity index (χ0) is 14.5. The lowest BCUT2D eigenvalue weighted by molar-refractivity contribution is -0.694. The first-order chi connectivity index (χ1) is 10.4. The molecule has 1 aromatic heterocycles. The number of rotatable bonds is 5. The van der Waals surface area contributed by atoms with E-state index in [1.807, 2.05) is 18.3 Å². The summed E-state index contributed by atoms with van der Waals surface area (Å²) < 4.78 is 4.37. The molecule has 0 radical (unpaired) electrons. The Morgan fingerprint density at radius 2 is 1.52 bits per heavy atom. The van der Waals surface area contributed by atoms with Gasteiger partial charge in [-0.15, -0.1) is 0 Å². The zero-order valence-corrected chi connectivity index (χ0v) is 12.0. The van der Waals surface area contributed by atoms with E-state index in [0.717, 1.165) is 13.0 Å². The Bertz CT molecular complexity index is 712. The molecule has 2 heteroatoms. The minimum absolute atomic E-state index is 0.879. The van der Waals surface area contributed by atoms with Crippen LogP contribution < -0.4 is 4.57 Å². The fourth-order valence-electron chi connectivity index (χ4n) is 2.53. The van der Waals surface area contributed by atoms with Crippen LogP contribution in [-0.2, 0) is 13.0 Å². The first-order valence-electron chi connectivity index (χ1n) is 7.16. The third-order valence-electron chi connectivity index (χ3n) is 3.63. The summed E-state index contributed by atoms with van der Waals surface area (Å²) in [6.45, 7) is 4.78. The average molecular weight is 275 g/mol. The van der Waals surface area contributed by atoms with E-state index in [1.54, 1.807) is 0 Å². The maximum Gasteiger partial charge on any atom is 0.265 e. The molecule has 0 saturated carbocycles. The van der Waals surface area contributed by atoms with Crippen LogP contribution in [0.15, 0.2) is 79.6 Å². The zero-order valence-electron chi connectivity index (χ0n) is 12.0. The van der Waals surface area contributed by atoms with Gasteiger partial charge in [-0.25, -0.2) is 9.13 Å². The lowest BCUT2D eigenvalue weighted by Crippen LogP contribution is -2.37. The highest BCUT2D eigenvalue weighted by Crippen LogP contribution is 2.08. The largest absolute Gasteiger partial charge is 0.265 e. The van der Waals surface area contributed by atoms with Crippen molar-refractivity contribution >= 4 is 6.20 Å². The van der Waals surface area contributed by atoms with Crippen LogP contribution in [0, 0.1) is 0 Å². The van der Waals surface area contributed by atoms with Gasteiger partial charge in [-0.1, -0.05) is 67.2 Å². The van der Waals surface area contributed by atoms with Crippen molar-refractivity contribution in [2.45, 2.75) is 13.0 Å². The van der Waals surface area contributed by atoms with E-state index in [4.69, 9.17) is 0 Å². The van der Waals surface area contributed by atoms with Crippen LogP contribution in [0.4, 0.5) is 0 Å². The molecule has 0 aliphatic heterocycles. The van der Waals surface area contributed by atoms with Gasteiger partial charge in [-0.2, -0.15) is 0 Å². The Morgan fingerprint density at radius 1 is 0.905 bits per heavy atom. The van der Waals surface area contributed by atoms with E-state index in [0.29, 0.717) is 0 Å². The number of imidazole rings is 1. The molecule has 0 fully saturated rings. The SMILES string of the molecule is C=Cn1cc[n+](Cc2ccccc2)c1Cc1ccccc1. The molecule has 0 N–H and O–H groups in total. The Morgan fingerprint density at radius 3 is 2.14 bits per heavy atom. The minimum atomic E-state index is 0.879. The smallest absolute Gasteiger partial charge is 0.229 e. The van der Waals surface area contributed by atoms with Crippen molar-refractivity contribution in [2.75, 3.05) is 0 Å². The third kappa shape index (κ3) is 3.11. The summed E-state index contributed by atoms with van der Waals surface area (Å²) in [7, 11) is 0. The molecule has 1 heterocycles. The molecule has 3 rings (SSSR count). The van der Waals surface area contributed by atoms with Crippen molar-refractivity contribution in [3.05, 3.63) is 96.6 Å². The molecule has 2 nitrogen and oxygen atoms in total. The van der Waals surface area contributed by atoms with Crippen LogP contribution in [0.3, 0.4) is 0 Å². The summed E-state index contributed by atoms with van der Waals surface area (Å²) >= 11 is 0.